The maximum absolute atomic E-state index is 11.7. The maximum Gasteiger partial charge on any atom is 0.273 e. The third-order valence-electron chi connectivity index (χ3n) is 4.69. The predicted octanol–water partition coefficient (Wildman–Crippen LogP) is 2.75. The van der Waals surface area contributed by atoms with Gasteiger partial charge in [0.15, 0.2) is 5.11 Å². The Balaban J connectivity index is 1.98. The Morgan fingerprint density at radius 1 is 1.36 bits per heavy atom. The van der Waals surface area contributed by atoms with Crippen LogP contribution in [0.25, 0.3) is 6.08 Å². The van der Waals surface area contributed by atoms with Gasteiger partial charge < -0.3 is 10.2 Å². The number of rotatable bonds is 1. The smallest absolute Gasteiger partial charge is 0.273 e. The zero-order chi connectivity index (χ0) is 16.1. The van der Waals surface area contributed by atoms with Crippen LogP contribution in [0.15, 0.2) is 23.9 Å². The van der Waals surface area contributed by atoms with E-state index in [1.54, 1.807) is 0 Å². The molecule has 0 aromatic heterocycles. The number of benzene rings is 1. The summed E-state index contributed by atoms with van der Waals surface area (Å²) >= 11 is 4.96. The fourth-order valence-corrected chi connectivity index (χ4v) is 3.54. The first-order chi connectivity index (χ1) is 10.3. The average molecular weight is 315 g/mol. The van der Waals surface area contributed by atoms with E-state index in [-0.39, 0.29) is 11.4 Å². The lowest BCUT2D eigenvalue weighted by molar-refractivity contribution is -0.115. The van der Waals surface area contributed by atoms with Gasteiger partial charge in [0.2, 0.25) is 0 Å². The van der Waals surface area contributed by atoms with Crippen LogP contribution in [0.4, 0.5) is 5.69 Å². The highest BCUT2D eigenvalue weighted by Crippen LogP contribution is 2.42. The quantitative estimate of drug-likeness (QED) is 0.618. The Bertz CT molecular complexity index is 693. The summed E-state index contributed by atoms with van der Waals surface area (Å²) in [7, 11) is 2.15. The maximum atomic E-state index is 11.7. The largest absolute Gasteiger partial charge is 0.369 e. The molecule has 116 valence electrons. The highest BCUT2D eigenvalue weighted by molar-refractivity contribution is 7.80. The van der Waals surface area contributed by atoms with Gasteiger partial charge in [0.1, 0.15) is 5.70 Å². The van der Waals surface area contributed by atoms with Crippen LogP contribution in [0.1, 0.15) is 44.2 Å². The molecule has 22 heavy (non-hydrogen) atoms. The first-order valence-corrected chi connectivity index (χ1v) is 7.90. The number of anilines is 1. The molecule has 1 amide bonds. The van der Waals surface area contributed by atoms with E-state index in [1.165, 1.54) is 11.3 Å². The summed E-state index contributed by atoms with van der Waals surface area (Å²) in [5.74, 6) is 0.319. The molecule has 2 N–H and O–H groups in total. The van der Waals surface area contributed by atoms with Gasteiger partial charge in [0.25, 0.3) is 5.91 Å². The van der Waals surface area contributed by atoms with Crippen LogP contribution in [0.5, 0.6) is 0 Å². The molecular formula is C17H21N3OS. The van der Waals surface area contributed by atoms with Crippen molar-refractivity contribution in [2.45, 2.75) is 38.6 Å². The third kappa shape index (κ3) is 2.50. The van der Waals surface area contributed by atoms with E-state index < -0.39 is 0 Å². The van der Waals surface area contributed by atoms with Crippen molar-refractivity contribution in [3.63, 3.8) is 0 Å². The molecule has 1 aromatic rings. The number of carbonyl (C=O) groups excluding carboxylic acids is 1. The van der Waals surface area contributed by atoms with Crippen LogP contribution in [0, 0.1) is 0 Å². The topological polar surface area (TPSA) is 44.4 Å². The molecule has 1 saturated heterocycles. The minimum Gasteiger partial charge on any atom is -0.369 e. The highest BCUT2D eigenvalue weighted by atomic mass is 32.1. The van der Waals surface area contributed by atoms with Gasteiger partial charge in [-0.05, 0) is 67.7 Å². The Kier molecular flexibility index (Phi) is 3.48. The van der Waals surface area contributed by atoms with Gasteiger partial charge in [-0.3, -0.25) is 10.1 Å². The molecule has 2 aliphatic heterocycles. The zero-order valence-electron chi connectivity index (χ0n) is 13.4. The molecule has 0 bridgehead atoms. The molecule has 1 fully saturated rings. The van der Waals surface area contributed by atoms with E-state index in [9.17, 15) is 4.79 Å². The number of nitrogens with zero attached hydrogens (tertiary/aromatic N) is 1. The number of carbonyl (C=O) groups is 1. The van der Waals surface area contributed by atoms with Crippen molar-refractivity contribution in [2.24, 2.45) is 0 Å². The Labute approximate surface area is 136 Å². The molecule has 5 heteroatoms. The molecule has 2 heterocycles. The number of thiocarbonyl (C=S) groups is 1. The summed E-state index contributed by atoms with van der Waals surface area (Å²) in [6, 6.07) is 6.37. The minimum atomic E-state index is -0.172. The minimum absolute atomic E-state index is 0.158. The van der Waals surface area contributed by atoms with Crippen LogP contribution >= 0.6 is 12.2 Å². The zero-order valence-corrected chi connectivity index (χ0v) is 14.2. The average Bonchev–Trinajstić information content (AvgIpc) is 2.74. The lowest BCUT2D eigenvalue weighted by Crippen LogP contribution is -2.45. The van der Waals surface area contributed by atoms with Crippen molar-refractivity contribution in [1.29, 1.82) is 0 Å². The van der Waals surface area contributed by atoms with Gasteiger partial charge in [0.05, 0.1) is 0 Å². The Morgan fingerprint density at radius 3 is 2.73 bits per heavy atom. The van der Waals surface area contributed by atoms with Crippen LogP contribution in [-0.4, -0.2) is 23.6 Å². The summed E-state index contributed by atoms with van der Waals surface area (Å²) in [5.41, 5.74) is 4.27. The van der Waals surface area contributed by atoms with Crippen molar-refractivity contribution >= 4 is 35.0 Å². The summed E-state index contributed by atoms with van der Waals surface area (Å²) < 4.78 is 0. The van der Waals surface area contributed by atoms with E-state index in [1.807, 2.05) is 12.1 Å². The predicted molar refractivity (Wildman–Crippen MR) is 93.8 cm³/mol. The first-order valence-electron chi connectivity index (χ1n) is 7.50. The fourth-order valence-electron chi connectivity index (χ4n) is 3.33. The van der Waals surface area contributed by atoms with Gasteiger partial charge in [0, 0.05) is 18.3 Å². The van der Waals surface area contributed by atoms with Gasteiger partial charge >= 0.3 is 0 Å². The summed E-state index contributed by atoms with van der Waals surface area (Å²) in [5, 5.41) is 5.83. The lowest BCUT2D eigenvalue weighted by Gasteiger charge is -2.45. The van der Waals surface area contributed by atoms with Crippen LogP contribution in [-0.2, 0) is 4.79 Å². The second-order valence-corrected chi connectivity index (χ2v) is 7.17. The van der Waals surface area contributed by atoms with Crippen LogP contribution in [0.2, 0.25) is 0 Å². The Hall–Kier alpha value is -1.88. The van der Waals surface area contributed by atoms with Crippen LogP contribution < -0.4 is 15.5 Å². The molecule has 0 spiro atoms. The molecule has 0 aliphatic carbocycles. The van der Waals surface area contributed by atoms with Crippen molar-refractivity contribution in [3.05, 3.63) is 35.0 Å². The monoisotopic (exact) mass is 315 g/mol. The molecule has 1 aromatic carbocycles. The van der Waals surface area contributed by atoms with Crippen LogP contribution in [0.3, 0.4) is 0 Å². The number of fused-ring (bicyclic) bond motifs is 1. The summed E-state index contributed by atoms with van der Waals surface area (Å²) in [6.45, 7) is 6.81. The number of amides is 1. The molecule has 2 aliphatic rings. The van der Waals surface area contributed by atoms with E-state index in [2.05, 4.69) is 55.5 Å². The van der Waals surface area contributed by atoms with Crippen molar-refractivity contribution < 1.29 is 4.79 Å². The lowest BCUT2D eigenvalue weighted by atomic mass is 9.80. The van der Waals surface area contributed by atoms with Gasteiger partial charge in [-0.2, -0.15) is 0 Å². The number of nitrogens with one attached hydrogen (secondary N) is 2. The molecule has 0 saturated carbocycles. The van der Waals surface area contributed by atoms with Gasteiger partial charge in [-0.1, -0.05) is 13.0 Å². The second-order valence-electron chi connectivity index (χ2n) is 6.76. The van der Waals surface area contributed by atoms with E-state index in [0.29, 0.717) is 16.7 Å². The molecule has 4 nitrogen and oxygen atoms in total. The molecule has 1 unspecified atom stereocenters. The molecule has 1 atom stereocenters. The van der Waals surface area contributed by atoms with Crippen molar-refractivity contribution in [3.8, 4) is 0 Å². The van der Waals surface area contributed by atoms with E-state index >= 15 is 0 Å². The van der Waals surface area contributed by atoms with Crippen molar-refractivity contribution in [1.82, 2.24) is 10.6 Å². The first kappa shape index (κ1) is 15.0. The Morgan fingerprint density at radius 2 is 2.09 bits per heavy atom. The molecule has 0 radical (unpaired) electrons. The molecule has 3 rings (SSSR count). The number of hydrogen-bond acceptors (Lipinski definition) is 3. The summed E-state index contributed by atoms with van der Waals surface area (Å²) in [4.78, 5) is 14.1. The van der Waals surface area contributed by atoms with Gasteiger partial charge in [-0.15, -0.1) is 0 Å². The third-order valence-corrected chi connectivity index (χ3v) is 4.89. The van der Waals surface area contributed by atoms with E-state index in [4.69, 9.17) is 12.2 Å². The van der Waals surface area contributed by atoms with Gasteiger partial charge in [-0.25, -0.2) is 0 Å². The normalized spacial score (nSPS) is 25.0. The fraction of sp³-hybridized carbons (Fsp3) is 0.412. The highest BCUT2D eigenvalue weighted by Gasteiger charge is 2.34. The second kappa shape index (κ2) is 5.09. The standard InChI is InChI=1S/C17H21N3OS/c1-10-9-17(2,3)20(4)14-6-5-11(7-12(10)14)8-13-15(21)19-16(22)18-13/h5-8,10H,9H2,1-4H3,(H2,18,19,21,22)/b13-8+. The number of hydrogen-bond donors (Lipinski definition) is 2. The molecular weight excluding hydrogens is 294 g/mol. The summed E-state index contributed by atoms with van der Waals surface area (Å²) in [6.07, 6.45) is 2.96. The van der Waals surface area contributed by atoms with Crippen molar-refractivity contribution in [2.75, 3.05) is 11.9 Å². The SMILES string of the molecule is CC1CC(C)(C)N(C)c2ccc(/C=C3/NC(=S)NC3=O)cc21. The van der Waals surface area contributed by atoms with E-state index in [0.717, 1.165) is 12.0 Å².